The number of benzene rings is 1. The van der Waals surface area contributed by atoms with Gasteiger partial charge in [-0.1, -0.05) is 0 Å². The minimum Gasteiger partial charge on any atom is -0.497 e. The molecule has 2 heterocycles. The number of hydrogen-bond acceptors (Lipinski definition) is 4. The fraction of sp³-hybridized carbons (Fsp3) is 0.167. The third-order valence-corrected chi connectivity index (χ3v) is 4.54. The number of carbonyl (C=O) groups excluding carboxylic acids is 1. The summed E-state index contributed by atoms with van der Waals surface area (Å²) in [4.78, 5) is 16.1. The Hall–Kier alpha value is -2.57. The number of rotatable bonds is 6. The van der Waals surface area contributed by atoms with Crippen molar-refractivity contribution in [3.8, 4) is 5.75 Å². The SMILES string of the molecule is COc1ccc2[nH]c(CNC(=O)C=Cc3cc(CO)cs3)cc2c1. The van der Waals surface area contributed by atoms with Gasteiger partial charge in [0, 0.05) is 27.6 Å². The summed E-state index contributed by atoms with van der Waals surface area (Å²) in [6.45, 7) is 0.439. The molecule has 0 saturated heterocycles. The van der Waals surface area contributed by atoms with Crippen LogP contribution in [0.3, 0.4) is 0 Å². The van der Waals surface area contributed by atoms with Gasteiger partial charge in [-0.15, -0.1) is 11.3 Å². The molecule has 0 radical (unpaired) electrons. The summed E-state index contributed by atoms with van der Waals surface area (Å²) in [7, 11) is 1.64. The van der Waals surface area contributed by atoms with Crippen LogP contribution in [0.4, 0.5) is 0 Å². The summed E-state index contributed by atoms with van der Waals surface area (Å²) in [5, 5.41) is 14.8. The third-order valence-electron chi connectivity index (χ3n) is 3.59. The maximum Gasteiger partial charge on any atom is 0.244 e. The van der Waals surface area contributed by atoms with Crippen LogP contribution in [0.25, 0.3) is 17.0 Å². The molecule has 1 aromatic carbocycles. The third kappa shape index (κ3) is 3.84. The van der Waals surface area contributed by atoms with Gasteiger partial charge in [0.15, 0.2) is 0 Å². The lowest BCUT2D eigenvalue weighted by Crippen LogP contribution is -2.20. The molecule has 0 aliphatic heterocycles. The maximum absolute atomic E-state index is 11.9. The second kappa shape index (κ2) is 7.33. The molecular formula is C18H18N2O3S. The zero-order chi connectivity index (χ0) is 16.9. The highest BCUT2D eigenvalue weighted by molar-refractivity contribution is 7.11. The van der Waals surface area contributed by atoms with E-state index in [1.807, 2.05) is 35.7 Å². The van der Waals surface area contributed by atoms with Crippen LogP contribution in [0.1, 0.15) is 16.1 Å². The Bertz CT molecular complexity index is 879. The van der Waals surface area contributed by atoms with E-state index in [1.54, 1.807) is 13.2 Å². The fourth-order valence-electron chi connectivity index (χ4n) is 2.36. The predicted octanol–water partition coefficient (Wildman–Crippen LogP) is 3.06. The number of aromatic nitrogens is 1. The summed E-state index contributed by atoms with van der Waals surface area (Å²) in [5.74, 6) is 0.642. The minimum atomic E-state index is -0.162. The molecular weight excluding hydrogens is 324 g/mol. The summed E-state index contributed by atoms with van der Waals surface area (Å²) in [6, 6.07) is 9.65. The number of aliphatic hydroxyl groups excluding tert-OH is 1. The quantitative estimate of drug-likeness (QED) is 0.603. The minimum absolute atomic E-state index is 0.0156. The van der Waals surface area contributed by atoms with Crippen molar-refractivity contribution in [2.45, 2.75) is 13.2 Å². The first-order valence-corrected chi connectivity index (χ1v) is 8.35. The van der Waals surface area contributed by atoms with Crippen molar-refractivity contribution in [2.24, 2.45) is 0 Å². The van der Waals surface area contributed by atoms with E-state index in [0.29, 0.717) is 6.54 Å². The molecule has 0 unspecified atom stereocenters. The molecule has 24 heavy (non-hydrogen) atoms. The highest BCUT2D eigenvalue weighted by atomic mass is 32.1. The van der Waals surface area contributed by atoms with Crippen molar-refractivity contribution in [1.29, 1.82) is 0 Å². The fourth-order valence-corrected chi connectivity index (χ4v) is 3.15. The number of nitrogens with one attached hydrogen (secondary N) is 2. The van der Waals surface area contributed by atoms with Crippen LogP contribution in [-0.2, 0) is 17.9 Å². The van der Waals surface area contributed by atoms with E-state index in [1.165, 1.54) is 17.4 Å². The number of carbonyl (C=O) groups is 1. The first-order valence-electron chi connectivity index (χ1n) is 7.48. The zero-order valence-electron chi connectivity index (χ0n) is 13.2. The van der Waals surface area contributed by atoms with Gasteiger partial charge in [-0.2, -0.15) is 0 Å². The van der Waals surface area contributed by atoms with Gasteiger partial charge in [-0.3, -0.25) is 4.79 Å². The average molecular weight is 342 g/mol. The van der Waals surface area contributed by atoms with E-state index < -0.39 is 0 Å². The second-order valence-corrected chi connectivity index (χ2v) is 6.26. The molecule has 2 aromatic heterocycles. The molecule has 5 nitrogen and oxygen atoms in total. The Labute approximate surface area is 143 Å². The van der Waals surface area contributed by atoms with Crippen LogP contribution in [0.5, 0.6) is 5.75 Å². The van der Waals surface area contributed by atoms with Gasteiger partial charge >= 0.3 is 0 Å². The number of aromatic amines is 1. The predicted molar refractivity (Wildman–Crippen MR) is 96.0 cm³/mol. The first kappa shape index (κ1) is 16.3. The van der Waals surface area contributed by atoms with Gasteiger partial charge in [0.2, 0.25) is 5.91 Å². The van der Waals surface area contributed by atoms with Crippen LogP contribution >= 0.6 is 11.3 Å². The van der Waals surface area contributed by atoms with Gasteiger partial charge < -0.3 is 20.1 Å². The van der Waals surface area contributed by atoms with Crippen molar-refractivity contribution >= 4 is 34.2 Å². The van der Waals surface area contributed by atoms with Crippen LogP contribution in [0.15, 0.2) is 41.8 Å². The van der Waals surface area contributed by atoms with Crippen molar-refractivity contribution in [2.75, 3.05) is 7.11 Å². The monoisotopic (exact) mass is 342 g/mol. The van der Waals surface area contributed by atoms with Crippen LogP contribution in [0, 0.1) is 0 Å². The molecule has 0 saturated carbocycles. The lowest BCUT2D eigenvalue weighted by atomic mass is 10.2. The van der Waals surface area contributed by atoms with Crippen molar-refractivity contribution in [1.82, 2.24) is 10.3 Å². The van der Waals surface area contributed by atoms with E-state index >= 15 is 0 Å². The smallest absolute Gasteiger partial charge is 0.244 e. The number of thiophene rings is 1. The molecule has 0 atom stereocenters. The average Bonchev–Trinajstić information content (AvgIpc) is 3.23. The number of amides is 1. The zero-order valence-corrected chi connectivity index (χ0v) is 14.0. The maximum atomic E-state index is 11.9. The number of hydrogen-bond donors (Lipinski definition) is 3. The summed E-state index contributed by atoms with van der Waals surface area (Å²) < 4.78 is 5.21. The van der Waals surface area contributed by atoms with E-state index in [4.69, 9.17) is 9.84 Å². The Morgan fingerprint density at radius 2 is 2.25 bits per heavy atom. The second-order valence-electron chi connectivity index (χ2n) is 5.31. The Morgan fingerprint density at radius 1 is 1.38 bits per heavy atom. The molecule has 0 spiro atoms. The molecule has 0 aliphatic rings. The molecule has 3 rings (SSSR count). The van der Waals surface area contributed by atoms with Crippen LogP contribution < -0.4 is 10.1 Å². The topological polar surface area (TPSA) is 74.3 Å². The normalized spacial score (nSPS) is 11.2. The van der Waals surface area contributed by atoms with Crippen molar-refractivity contribution in [3.05, 3.63) is 57.9 Å². The van der Waals surface area contributed by atoms with Crippen LogP contribution in [-0.4, -0.2) is 23.1 Å². The highest BCUT2D eigenvalue weighted by Gasteiger charge is 2.04. The van der Waals surface area contributed by atoms with Gasteiger partial charge in [0.05, 0.1) is 20.3 Å². The number of ether oxygens (including phenoxy) is 1. The summed E-state index contributed by atoms with van der Waals surface area (Å²) in [6.07, 6.45) is 3.24. The van der Waals surface area contributed by atoms with Gasteiger partial charge in [0.25, 0.3) is 0 Å². The Kier molecular flexibility index (Phi) is 4.98. The first-order chi connectivity index (χ1) is 11.7. The summed E-state index contributed by atoms with van der Waals surface area (Å²) in [5.41, 5.74) is 2.79. The number of H-pyrrole nitrogens is 1. The number of fused-ring (bicyclic) bond motifs is 1. The Morgan fingerprint density at radius 3 is 3.00 bits per heavy atom. The van der Waals surface area contributed by atoms with Crippen LogP contribution in [0.2, 0.25) is 0 Å². The Balaban J connectivity index is 1.59. The largest absolute Gasteiger partial charge is 0.497 e. The standard InChI is InChI=1S/C18H18N2O3S/c1-23-15-2-4-17-13(8-15)7-14(20-17)9-19-18(22)5-3-16-6-12(10-21)11-24-16/h2-8,11,20-21H,9-10H2,1H3,(H,19,22). The van der Waals surface area contributed by atoms with Crippen molar-refractivity contribution in [3.63, 3.8) is 0 Å². The van der Waals surface area contributed by atoms with E-state index in [9.17, 15) is 4.79 Å². The van der Waals surface area contributed by atoms with Gasteiger partial charge in [-0.05, 0) is 47.4 Å². The van der Waals surface area contributed by atoms with E-state index in [2.05, 4.69) is 10.3 Å². The molecule has 3 N–H and O–H groups in total. The summed E-state index contributed by atoms with van der Waals surface area (Å²) >= 11 is 1.49. The van der Waals surface area contributed by atoms with Gasteiger partial charge in [-0.25, -0.2) is 0 Å². The van der Waals surface area contributed by atoms with E-state index in [0.717, 1.165) is 32.8 Å². The lowest BCUT2D eigenvalue weighted by molar-refractivity contribution is -0.116. The number of methoxy groups -OCH3 is 1. The molecule has 0 fully saturated rings. The molecule has 6 heteroatoms. The molecule has 1 amide bonds. The van der Waals surface area contributed by atoms with Crippen molar-refractivity contribution < 1.29 is 14.6 Å². The highest BCUT2D eigenvalue weighted by Crippen LogP contribution is 2.21. The molecule has 124 valence electrons. The number of aliphatic hydroxyl groups is 1. The molecule has 3 aromatic rings. The molecule has 0 bridgehead atoms. The van der Waals surface area contributed by atoms with E-state index in [-0.39, 0.29) is 12.5 Å². The molecule has 0 aliphatic carbocycles. The van der Waals surface area contributed by atoms with Gasteiger partial charge in [0.1, 0.15) is 5.75 Å². The lowest BCUT2D eigenvalue weighted by Gasteiger charge is -1.99.